The van der Waals surface area contributed by atoms with Crippen LogP contribution in [0.1, 0.15) is 30.0 Å². The molecule has 138 valence electrons. The van der Waals surface area contributed by atoms with Crippen molar-refractivity contribution >= 4 is 11.8 Å². The Balaban J connectivity index is 1.33. The normalized spacial score (nSPS) is 23.7. The van der Waals surface area contributed by atoms with Gasteiger partial charge in [0.05, 0.1) is 11.8 Å². The van der Waals surface area contributed by atoms with Crippen molar-refractivity contribution in [3.63, 3.8) is 0 Å². The van der Waals surface area contributed by atoms with E-state index < -0.39 is 0 Å². The number of aliphatic hydroxyl groups is 1. The first-order valence-electron chi connectivity index (χ1n) is 9.51. The maximum atomic E-state index is 9.54. The van der Waals surface area contributed by atoms with Crippen LogP contribution in [0.25, 0.3) is 0 Å². The summed E-state index contributed by atoms with van der Waals surface area (Å²) >= 11 is 0. The van der Waals surface area contributed by atoms with Crippen LogP contribution in [0.4, 0.5) is 11.8 Å². The molecule has 2 fully saturated rings. The van der Waals surface area contributed by atoms with Crippen molar-refractivity contribution in [3.8, 4) is 0 Å². The number of rotatable bonds is 5. The van der Waals surface area contributed by atoms with E-state index in [0.29, 0.717) is 11.9 Å². The Kier molecular flexibility index (Phi) is 5.04. The van der Waals surface area contributed by atoms with Gasteiger partial charge in [-0.1, -0.05) is 30.3 Å². The molecular weight excluding hydrogens is 326 g/mol. The van der Waals surface area contributed by atoms with E-state index in [2.05, 4.69) is 56.2 Å². The molecule has 2 aromatic rings. The molecule has 0 spiro atoms. The Morgan fingerprint density at radius 1 is 1.04 bits per heavy atom. The van der Waals surface area contributed by atoms with Gasteiger partial charge in [-0.05, 0) is 24.8 Å². The van der Waals surface area contributed by atoms with E-state index >= 15 is 0 Å². The lowest BCUT2D eigenvalue weighted by Gasteiger charge is -2.36. The van der Waals surface area contributed by atoms with Gasteiger partial charge in [-0.25, -0.2) is 4.98 Å². The van der Waals surface area contributed by atoms with Crippen LogP contribution in [-0.4, -0.2) is 58.8 Å². The highest BCUT2D eigenvalue weighted by Crippen LogP contribution is 2.37. The molecular formula is C20H27N5O. The minimum absolute atomic E-state index is 0.187. The van der Waals surface area contributed by atoms with Crippen LogP contribution in [-0.2, 0) is 6.42 Å². The summed E-state index contributed by atoms with van der Waals surface area (Å²) in [6.45, 7) is 5.08. The highest BCUT2D eigenvalue weighted by atomic mass is 16.3. The number of hydrogen-bond donors (Lipinski definition) is 2. The summed E-state index contributed by atoms with van der Waals surface area (Å²) in [7, 11) is 0. The van der Waals surface area contributed by atoms with Crippen LogP contribution in [0, 0.1) is 0 Å². The molecule has 0 bridgehead atoms. The summed E-state index contributed by atoms with van der Waals surface area (Å²) < 4.78 is 0. The number of piperazine rings is 1. The van der Waals surface area contributed by atoms with Gasteiger partial charge in [-0.3, -0.25) is 4.90 Å². The standard InChI is InChI=1S/C20H27N5O/c21-20-22-18(16-12-17(26)13-16)14-19(23-20)25-10-8-24(9-11-25)7-6-15-4-2-1-3-5-15/h1-5,14,16-17,26H,6-13H2,(H2,21,22,23). The second-order valence-electron chi connectivity index (χ2n) is 7.40. The molecule has 6 heteroatoms. The Labute approximate surface area is 154 Å². The summed E-state index contributed by atoms with van der Waals surface area (Å²) in [5, 5.41) is 9.54. The number of aromatic nitrogens is 2. The van der Waals surface area contributed by atoms with Gasteiger partial charge in [0.2, 0.25) is 5.95 Å². The van der Waals surface area contributed by atoms with E-state index in [-0.39, 0.29) is 6.10 Å². The average molecular weight is 353 g/mol. The number of aliphatic hydroxyl groups excluding tert-OH is 1. The maximum Gasteiger partial charge on any atom is 0.222 e. The number of hydrogen-bond acceptors (Lipinski definition) is 6. The molecule has 1 aromatic carbocycles. The number of benzene rings is 1. The average Bonchev–Trinajstić information content (AvgIpc) is 2.64. The molecule has 1 aliphatic heterocycles. The molecule has 0 radical (unpaired) electrons. The third-order valence-corrected chi connectivity index (χ3v) is 5.54. The molecule has 1 saturated heterocycles. The molecule has 1 aliphatic carbocycles. The van der Waals surface area contributed by atoms with Gasteiger partial charge in [0.25, 0.3) is 0 Å². The molecule has 2 heterocycles. The first kappa shape index (κ1) is 17.2. The van der Waals surface area contributed by atoms with E-state index in [9.17, 15) is 5.11 Å². The summed E-state index contributed by atoms with van der Waals surface area (Å²) in [6.07, 6.45) is 2.47. The summed E-state index contributed by atoms with van der Waals surface area (Å²) in [4.78, 5) is 13.6. The fourth-order valence-corrected chi connectivity index (χ4v) is 3.80. The lowest BCUT2D eigenvalue weighted by molar-refractivity contribution is 0.0732. The smallest absolute Gasteiger partial charge is 0.222 e. The minimum atomic E-state index is -0.187. The number of nitrogen functional groups attached to an aromatic ring is 1. The predicted molar refractivity (Wildman–Crippen MR) is 103 cm³/mol. The molecule has 1 saturated carbocycles. The fraction of sp³-hybridized carbons (Fsp3) is 0.500. The molecule has 0 atom stereocenters. The zero-order chi connectivity index (χ0) is 17.9. The first-order valence-corrected chi connectivity index (χ1v) is 9.51. The zero-order valence-corrected chi connectivity index (χ0v) is 15.1. The van der Waals surface area contributed by atoms with E-state index in [0.717, 1.165) is 63.5 Å². The SMILES string of the molecule is Nc1nc(C2CC(O)C2)cc(N2CCN(CCc3ccccc3)CC2)n1. The predicted octanol–water partition coefficient (Wildman–Crippen LogP) is 1.66. The molecule has 6 nitrogen and oxygen atoms in total. The van der Waals surface area contributed by atoms with Crippen molar-refractivity contribution in [2.75, 3.05) is 43.4 Å². The number of nitrogens with two attached hydrogens (primary N) is 1. The summed E-state index contributed by atoms with van der Waals surface area (Å²) in [6, 6.07) is 12.7. The van der Waals surface area contributed by atoms with Crippen LogP contribution in [0.3, 0.4) is 0 Å². The highest BCUT2D eigenvalue weighted by Gasteiger charge is 2.30. The van der Waals surface area contributed by atoms with Crippen molar-refractivity contribution in [2.45, 2.75) is 31.3 Å². The Morgan fingerprint density at radius 3 is 2.46 bits per heavy atom. The van der Waals surface area contributed by atoms with Crippen LogP contribution in [0.2, 0.25) is 0 Å². The topological polar surface area (TPSA) is 78.5 Å². The van der Waals surface area contributed by atoms with Crippen LogP contribution in [0.15, 0.2) is 36.4 Å². The van der Waals surface area contributed by atoms with Crippen LogP contribution in [0.5, 0.6) is 0 Å². The van der Waals surface area contributed by atoms with Crippen molar-refractivity contribution < 1.29 is 5.11 Å². The lowest BCUT2D eigenvalue weighted by atomic mass is 9.80. The summed E-state index contributed by atoms with van der Waals surface area (Å²) in [5.74, 6) is 1.59. The van der Waals surface area contributed by atoms with Gasteiger partial charge in [-0.15, -0.1) is 0 Å². The molecule has 1 aromatic heterocycles. The second-order valence-corrected chi connectivity index (χ2v) is 7.40. The van der Waals surface area contributed by atoms with E-state index in [1.54, 1.807) is 0 Å². The molecule has 26 heavy (non-hydrogen) atoms. The molecule has 4 rings (SSSR count). The van der Waals surface area contributed by atoms with Crippen molar-refractivity contribution in [1.29, 1.82) is 0 Å². The van der Waals surface area contributed by atoms with Gasteiger partial charge in [0.15, 0.2) is 0 Å². The molecule has 0 unspecified atom stereocenters. The number of anilines is 2. The highest BCUT2D eigenvalue weighted by molar-refractivity contribution is 5.45. The monoisotopic (exact) mass is 353 g/mol. The van der Waals surface area contributed by atoms with E-state index in [1.165, 1.54) is 5.56 Å². The second kappa shape index (κ2) is 7.60. The van der Waals surface area contributed by atoms with Crippen LogP contribution < -0.4 is 10.6 Å². The lowest BCUT2D eigenvalue weighted by Crippen LogP contribution is -2.47. The van der Waals surface area contributed by atoms with Crippen molar-refractivity contribution in [3.05, 3.63) is 47.7 Å². The third-order valence-electron chi connectivity index (χ3n) is 5.54. The van der Waals surface area contributed by atoms with Crippen molar-refractivity contribution in [2.24, 2.45) is 0 Å². The Bertz CT molecular complexity index is 724. The van der Waals surface area contributed by atoms with Gasteiger partial charge in [-0.2, -0.15) is 4.98 Å². The Morgan fingerprint density at radius 2 is 1.77 bits per heavy atom. The molecule has 2 aliphatic rings. The molecule has 3 N–H and O–H groups in total. The van der Waals surface area contributed by atoms with E-state index in [4.69, 9.17) is 5.73 Å². The largest absolute Gasteiger partial charge is 0.393 e. The van der Waals surface area contributed by atoms with Gasteiger partial charge < -0.3 is 15.7 Å². The number of nitrogens with zero attached hydrogens (tertiary/aromatic N) is 4. The Hall–Kier alpha value is -2.18. The third kappa shape index (κ3) is 3.97. The van der Waals surface area contributed by atoms with E-state index in [1.807, 2.05) is 0 Å². The fourth-order valence-electron chi connectivity index (χ4n) is 3.80. The van der Waals surface area contributed by atoms with Crippen molar-refractivity contribution in [1.82, 2.24) is 14.9 Å². The molecule has 0 amide bonds. The van der Waals surface area contributed by atoms with Crippen LogP contribution >= 0.6 is 0 Å². The van der Waals surface area contributed by atoms with Gasteiger partial charge in [0.1, 0.15) is 5.82 Å². The zero-order valence-electron chi connectivity index (χ0n) is 15.1. The van der Waals surface area contributed by atoms with Gasteiger partial charge >= 0.3 is 0 Å². The maximum absolute atomic E-state index is 9.54. The summed E-state index contributed by atoms with van der Waals surface area (Å²) in [5.41, 5.74) is 8.31. The first-order chi connectivity index (χ1) is 12.7. The quantitative estimate of drug-likeness (QED) is 0.851. The minimum Gasteiger partial charge on any atom is -0.393 e. The van der Waals surface area contributed by atoms with Gasteiger partial charge in [0, 0.05) is 44.7 Å².